The molecule has 0 aliphatic carbocycles. The summed E-state index contributed by atoms with van der Waals surface area (Å²) in [6.07, 6.45) is -0.825. The highest BCUT2D eigenvalue weighted by atomic mass is 35.5. The number of carbonyl (C=O) groups excluding carboxylic acids is 1. The van der Waals surface area contributed by atoms with Gasteiger partial charge in [0, 0.05) is 4.53 Å². The number of carboxylic acids is 1. The van der Waals surface area contributed by atoms with Gasteiger partial charge in [-0.05, 0) is 0 Å². The normalized spacial score (nSPS) is 7.00. The molecule has 11 heavy (non-hydrogen) atoms. The highest BCUT2D eigenvalue weighted by Crippen LogP contribution is 1.91. The van der Waals surface area contributed by atoms with E-state index in [4.69, 9.17) is 5.11 Å². The average Bonchev–Trinajstić information content (AvgIpc) is 1.83. The third-order valence-corrected chi connectivity index (χ3v) is 0.629. The minimum atomic E-state index is -1.16. The van der Waals surface area contributed by atoms with E-state index >= 15 is 0 Å². The maximum absolute atomic E-state index is 10.8. The molecule has 0 spiro atoms. The maximum Gasteiger partial charge on any atom is 0.349 e. The molecule has 0 amide bonds. The summed E-state index contributed by atoms with van der Waals surface area (Å²) in [6, 6.07) is 0. The second kappa shape index (κ2) is 9.45. The van der Waals surface area contributed by atoms with Crippen LogP contribution in [-0.4, -0.2) is 17.0 Å². The molecule has 68 valence electrons. The zero-order valence-corrected chi connectivity index (χ0v) is 6.91. The Morgan fingerprint density at radius 1 is 1.27 bits per heavy atom. The zero-order chi connectivity index (χ0) is 7.28. The van der Waals surface area contributed by atoms with Crippen molar-refractivity contribution >= 4 is 36.8 Å². The van der Waals surface area contributed by atoms with Gasteiger partial charge in [-0.1, -0.05) is 0 Å². The lowest BCUT2D eigenvalue weighted by atomic mass is 10.3. The van der Waals surface area contributed by atoms with Crippen LogP contribution in [0.5, 0.6) is 0 Å². The first kappa shape index (κ1) is 16.8. The Balaban J connectivity index is -0.000000320. The topological polar surface area (TPSA) is 63.6 Å². The highest BCUT2D eigenvalue weighted by molar-refractivity contribution is 5.85. The van der Waals surface area contributed by atoms with Crippen molar-refractivity contribution in [3.8, 4) is 0 Å². The van der Waals surface area contributed by atoms with Gasteiger partial charge >= 0.3 is 11.9 Å². The van der Waals surface area contributed by atoms with Gasteiger partial charge in [-0.15, -0.1) is 24.8 Å². The molecule has 7 heteroatoms. The smallest absolute Gasteiger partial charge is 0.349 e. The quantitative estimate of drug-likeness (QED) is 0.756. The molecule has 0 radical (unpaired) electrons. The van der Waals surface area contributed by atoms with Crippen LogP contribution in [-0.2, 0) is 14.5 Å². The van der Waals surface area contributed by atoms with E-state index in [1.165, 1.54) is 0 Å². The molecule has 0 aromatic carbocycles. The summed E-state index contributed by atoms with van der Waals surface area (Å²) in [6.45, 7) is 0. The third-order valence-electron chi connectivity index (χ3n) is 0.629. The first-order chi connectivity index (χ1) is 4.16. The van der Waals surface area contributed by atoms with Gasteiger partial charge in [0.25, 0.3) is 0 Å². The van der Waals surface area contributed by atoms with E-state index in [1.807, 2.05) is 0 Å². The second-order valence-corrected chi connectivity index (χ2v) is 1.34. The predicted octanol–water partition coefficient (Wildman–Crippen LogP) is 1.12. The number of hydrogen-bond donors (Lipinski definition) is 1. The number of hydrogen-bond acceptors (Lipinski definition) is 3. The van der Waals surface area contributed by atoms with Crippen LogP contribution in [0.25, 0.3) is 0 Å². The molecule has 0 saturated carbocycles. The van der Waals surface area contributed by atoms with Crippen molar-refractivity contribution < 1.29 is 24.2 Å². The number of carbonyl (C=O) groups is 2. The average molecular weight is 209 g/mol. The lowest BCUT2D eigenvalue weighted by molar-refractivity contribution is -0.184. The molecule has 0 aliphatic rings. The molecule has 4 nitrogen and oxygen atoms in total. The Bertz CT molecular complexity index is 129. The molecule has 0 aliphatic heterocycles. The van der Waals surface area contributed by atoms with E-state index in [0.717, 1.165) is 0 Å². The Hall–Kier alpha value is -0.550. The van der Waals surface area contributed by atoms with Crippen molar-refractivity contribution in [2.45, 2.75) is 12.8 Å². The molecular formula is C4H7Cl2FO4. The molecular weight excluding hydrogens is 202 g/mol. The van der Waals surface area contributed by atoms with Crippen LogP contribution in [0.4, 0.5) is 4.53 Å². The lowest BCUT2D eigenvalue weighted by Crippen LogP contribution is -2.02. The number of halogens is 3. The van der Waals surface area contributed by atoms with Crippen LogP contribution in [0.3, 0.4) is 0 Å². The fourth-order valence-electron chi connectivity index (χ4n) is 0.248. The van der Waals surface area contributed by atoms with E-state index in [2.05, 4.69) is 4.94 Å². The minimum absolute atomic E-state index is 0. The molecule has 0 aromatic heterocycles. The van der Waals surface area contributed by atoms with Crippen LogP contribution in [0.2, 0.25) is 0 Å². The van der Waals surface area contributed by atoms with E-state index in [0.29, 0.717) is 0 Å². The second-order valence-electron chi connectivity index (χ2n) is 1.34. The van der Waals surface area contributed by atoms with Gasteiger partial charge < -0.3 is 5.11 Å². The molecule has 0 atom stereocenters. The lowest BCUT2D eigenvalue weighted by Gasteiger charge is -1.88. The summed E-state index contributed by atoms with van der Waals surface area (Å²) in [4.78, 5) is 22.2. The van der Waals surface area contributed by atoms with Gasteiger partial charge in [0.05, 0.1) is 12.8 Å². The van der Waals surface area contributed by atoms with E-state index < -0.39 is 24.8 Å². The monoisotopic (exact) mass is 208 g/mol. The predicted molar refractivity (Wildman–Crippen MR) is 38.6 cm³/mol. The first-order valence-corrected chi connectivity index (χ1v) is 2.20. The molecule has 0 saturated heterocycles. The van der Waals surface area contributed by atoms with Crippen LogP contribution in [0.1, 0.15) is 12.8 Å². The van der Waals surface area contributed by atoms with E-state index in [9.17, 15) is 14.1 Å². The van der Waals surface area contributed by atoms with Gasteiger partial charge in [-0.25, -0.2) is 4.79 Å². The Morgan fingerprint density at radius 2 is 1.73 bits per heavy atom. The van der Waals surface area contributed by atoms with Crippen molar-refractivity contribution in [2.75, 3.05) is 0 Å². The summed E-state index contributed by atoms with van der Waals surface area (Å²) in [5, 5.41) is 7.93. The summed E-state index contributed by atoms with van der Waals surface area (Å²) in [5.74, 6) is -2.31. The zero-order valence-electron chi connectivity index (χ0n) is 5.28. The molecule has 0 heterocycles. The SMILES string of the molecule is Cl.Cl.O=C(O)CCC(=O)OF. The van der Waals surface area contributed by atoms with Crippen molar-refractivity contribution in [1.29, 1.82) is 0 Å². The Labute approximate surface area is 74.4 Å². The Kier molecular flexibility index (Phi) is 14.4. The third kappa shape index (κ3) is 12.6. The fraction of sp³-hybridized carbons (Fsp3) is 0.500. The van der Waals surface area contributed by atoms with Crippen LogP contribution < -0.4 is 0 Å². The van der Waals surface area contributed by atoms with Crippen LogP contribution >= 0.6 is 24.8 Å². The van der Waals surface area contributed by atoms with E-state index in [1.54, 1.807) is 0 Å². The summed E-state index contributed by atoms with van der Waals surface area (Å²) < 4.78 is 10.8. The first-order valence-electron chi connectivity index (χ1n) is 2.20. The van der Waals surface area contributed by atoms with Crippen molar-refractivity contribution in [2.24, 2.45) is 0 Å². The minimum Gasteiger partial charge on any atom is -0.481 e. The van der Waals surface area contributed by atoms with Crippen molar-refractivity contribution in [3.63, 3.8) is 0 Å². The van der Waals surface area contributed by atoms with Gasteiger partial charge in [-0.3, -0.25) is 9.74 Å². The van der Waals surface area contributed by atoms with Gasteiger partial charge in [0.2, 0.25) is 0 Å². The van der Waals surface area contributed by atoms with Crippen molar-refractivity contribution in [1.82, 2.24) is 0 Å². The van der Waals surface area contributed by atoms with E-state index in [-0.39, 0.29) is 24.8 Å². The highest BCUT2D eigenvalue weighted by Gasteiger charge is 2.05. The molecule has 0 unspecified atom stereocenters. The standard InChI is InChI=1S/C4H5FO4.2ClH/c5-9-4(8)2-1-3(6)7;;/h1-2H2,(H,6,7);2*1H. The summed E-state index contributed by atoms with van der Waals surface area (Å²) >= 11 is 0. The van der Waals surface area contributed by atoms with Crippen molar-refractivity contribution in [3.05, 3.63) is 0 Å². The summed E-state index contributed by atoms with van der Waals surface area (Å²) in [7, 11) is 0. The number of rotatable bonds is 3. The summed E-state index contributed by atoms with van der Waals surface area (Å²) in [5.41, 5.74) is 0. The maximum atomic E-state index is 10.8. The van der Waals surface area contributed by atoms with Gasteiger partial charge in [0.15, 0.2) is 0 Å². The number of aliphatic carboxylic acids is 1. The molecule has 1 N–H and O–H groups in total. The molecule has 0 bridgehead atoms. The van der Waals surface area contributed by atoms with Crippen LogP contribution in [0, 0.1) is 0 Å². The number of carboxylic acid groups (broad SMARTS) is 1. The largest absolute Gasteiger partial charge is 0.481 e. The molecule has 0 rings (SSSR count). The van der Waals surface area contributed by atoms with Gasteiger partial charge in [-0.2, -0.15) is 0 Å². The molecule has 0 aromatic rings. The van der Waals surface area contributed by atoms with Gasteiger partial charge in [0.1, 0.15) is 0 Å². The fourth-order valence-corrected chi connectivity index (χ4v) is 0.248. The van der Waals surface area contributed by atoms with Crippen LogP contribution in [0.15, 0.2) is 0 Å². The Morgan fingerprint density at radius 3 is 2.00 bits per heavy atom. The molecule has 0 fully saturated rings.